The predicted octanol–water partition coefficient (Wildman–Crippen LogP) is -2.11. The first-order valence-electron chi connectivity index (χ1n) is 5.92. The molecule has 1 aliphatic rings. The summed E-state index contributed by atoms with van der Waals surface area (Å²) in [7, 11) is -3.01. The molecule has 7 nitrogen and oxygen atoms in total. The SMILES string of the molecule is O=C(CC1CS(=O)(=O)CCN1)NCCOCCO. The lowest BCUT2D eigenvalue weighted by Gasteiger charge is -2.23. The van der Waals surface area contributed by atoms with E-state index in [4.69, 9.17) is 9.84 Å². The van der Waals surface area contributed by atoms with Crippen LogP contribution in [0.15, 0.2) is 0 Å². The van der Waals surface area contributed by atoms with Gasteiger partial charge in [-0.25, -0.2) is 8.42 Å². The Morgan fingerprint density at radius 1 is 1.44 bits per heavy atom. The molecule has 3 N–H and O–H groups in total. The average molecular weight is 280 g/mol. The number of hydrogen-bond donors (Lipinski definition) is 3. The van der Waals surface area contributed by atoms with Gasteiger partial charge in [0, 0.05) is 25.6 Å². The van der Waals surface area contributed by atoms with Gasteiger partial charge in [0.1, 0.15) is 0 Å². The fourth-order valence-electron chi connectivity index (χ4n) is 1.72. The van der Waals surface area contributed by atoms with Gasteiger partial charge in [0.2, 0.25) is 5.91 Å². The first-order valence-corrected chi connectivity index (χ1v) is 7.75. The minimum absolute atomic E-state index is 0.0153. The summed E-state index contributed by atoms with van der Waals surface area (Å²) in [5.41, 5.74) is 0. The second kappa shape index (κ2) is 7.67. The van der Waals surface area contributed by atoms with Crippen molar-refractivity contribution in [1.82, 2.24) is 10.6 Å². The summed E-state index contributed by atoms with van der Waals surface area (Å²) in [5.74, 6) is -0.0427. The van der Waals surface area contributed by atoms with E-state index in [2.05, 4.69) is 10.6 Å². The lowest BCUT2D eigenvalue weighted by Crippen LogP contribution is -2.47. The van der Waals surface area contributed by atoms with Gasteiger partial charge in [0.25, 0.3) is 0 Å². The molecule has 0 aromatic rings. The van der Waals surface area contributed by atoms with Crippen LogP contribution in [0.1, 0.15) is 6.42 Å². The highest BCUT2D eigenvalue weighted by Crippen LogP contribution is 2.04. The number of sulfone groups is 1. The zero-order chi connectivity index (χ0) is 13.4. The Morgan fingerprint density at radius 2 is 2.22 bits per heavy atom. The quantitative estimate of drug-likeness (QED) is 0.461. The van der Waals surface area contributed by atoms with Crippen molar-refractivity contribution in [2.75, 3.05) is 44.4 Å². The van der Waals surface area contributed by atoms with Crippen LogP contribution in [0.25, 0.3) is 0 Å². The summed E-state index contributed by atoms with van der Waals surface area (Å²) < 4.78 is 27.7. The van der Waals surface area contributed by atoms with Crippen LogP contribution in [0.2, 0.25) is 0 Å². The Bertz CT molecular complexity index is 357. The van der Waals surface area contributed by atoms with E-state index in [9.17, 15) is 13.2 Å². The van der Waals surface area contributed by atoms with Crippen molar-refractivity contribution < 1.29 is 23.1 Å². The number of hydrogen-bond acceptors (Lipinski definition) is 6. The molecule has 1 amide bonds. The molecule has 8 heteroatoms. The second-order valence-electron chi connectivity index (χ2n) is 4.16. The lowest BCUT2D eigenvalue weighted by molar-refractivity contribution is -0.121. The van der Waals surface area contributed by atoms with Crippen LogP contribution < -0.4 is 10.6 Å². The molecule has 106 valence electrons. The highest BCUT2D eigenvalue weighted by Gasteiger charge is 2.25. The van der Waals surface area contributed by atoms with Gasteiger partial charge in [0.05, 0.1) is 31.3 Å². The van der Waals surface area contributed by atoms with Gasteiger partial charge in [-0.05, 0) is 0 Å². The Kier molecular flexibility index (Phi) is 6.55. The number of aliphatic hydroxyl groups is 1. The Balaban J connectivity index is 2.16. The molecular weight excluding hydrogens is 260 g/mol. The van der Waals surface area contributed by atoms with Crippen molar-refractivity contribution in [3.8, 4) is 0 Å². The standard InChI is InChI=1S/C10H20N2O5S/c13-3-5-17-4-1-12-10(14)7-9-8-18(15,16)6-2-11-9/h9,11,13H,1-8H2,(H,12,14). The van der Waals surface area contributed by atoms with Crippen molar-refractivity contribution in [3.05, 3.63) is 0 Å². The number of carbonyl (C=O) groups is 1. The minimum atomic E-state index is -3.01. The molecular formula is C10H20N2O5S. The number of nitrogens with one attached hydrogen (secondary N) is 2. The molecule has 1 unspecified atom stereocenters. The molecule has 1 saturated heterocycles. The molecule has 0 radical (unpaired) electrons. The maximum absolute atomic E-state index is 11.5. The minimum Gasteiger partial charge on any atom is -0.394 e. The van der Waals surface area contributed by atoms with E-state index < -0.39 is 9.84 Å². The fourth-order valence-corrected chi connectivity index (χ4v) is 3.17. The van der Waals surface area contributed by atoms with E-state index in [1.807, 2.05) is 0 Å². The van der Waals surface area contributed by atoms with E-state index in [1.165, 1.54) is 0 Å². The van der Waals surface area contributed by atoms with Crippen molar-refractivity contribution >= 4 is 15.7 Å². The largest absolute Gasteiger partial charge is 0.394 e. The maximum Gasteiger partial charge on any atom is 0.221 e. The molecule has 0 aromatic carbocycles. The normalized spacial score (nSPS) is 22.6. The zero-order valence-electron chi connectivity index (χ0n) is 10.2. The van der Waals surface area contributed by atoms with Crippen LogP contribution in [0.5, 0.6) is 0 Å². The first-order chi connectivity index (χ1) is 8.53. The molecule has 1 atom stereocenters. The summed E-state index contributed by atoms with van der Waals surface area (Å²) in [5, 5.41) is 14.1. The van der Waals surface area contributed by atoms with Gasteiger partial charge in [-0.3, -0.25) is 4.79 Å². The van der Waals surface area contributed by atoms with Gasteiger partial charge in [-0.15, -0.1) is 0 Å². The fraction of sp³-hybridized carbons (Fsp3) is 0.900. The number of amides is 1. The van der Waals surface area contributed by atoms with Gasteiger partial charge < -0.3 is 20.5 Å². The number of aliphatic hydroxyl groups excluding tert-OH is 1. The number of carbonyl (C=O) groups excluding carboxylic acids is 1. The molecule has 1 aliphatic heterocycles. The van der Waals surface area contributed by atoms with E-state index in [-0.39, 0.29) is 43.1 Å². The van der Waals surface area contributed by atoms with Crippen LogP contribution in [-0.4, -0.2) is 69.9 Å². The maximum atomic E-state index is 11.5. The molecule has 1 rings (SSSR count). The summed E-state index contributed by atoms with van der Waals surface area (Å²) in [4.78, 5) is 11.5. The molecule has 1 fully saturated rings. The molecule has 0 bridgehead atoms. The number of rotatable bonds is 7. The summed E-state index contributed by atoms with van der Waals surface area (Å²) in [6, 6.07) is -0.304. The molecule has 1 heterocycles. The van der Waals surface area contributed by atoms with Gasteiger partial charge in [-0.1, -0.05) is 0 Å². The van der Waals surface area contributed by atoms with Gasteiger partial charge in [0.15, 0.2) is 9.84 Å². The third-order valence-electron chi connectivity index (χ3n) is 2.54. The Labute approximate surface area is 107 Å². The molecule has 0 aromatic heterocycles. The Hall–Kier alpha value is -0.700. The van der Waals surface area contributed by atoms with Crippen LogP contribution in [-0.2, 0) is 19.4 Å². The third kappa shape index (κ3) is 6.29. The van der Waals surface area contributed by atoms with E-state index in [0.29, 0.717) is 19.7 Å². The number of ether oxygens (including phenoxy) is 1. The highest BCUT2D eigenvalue weighted by atomic mass is 32.2. The van der Waals surface area contributed by atoms with E-state index in [1.54, 1.807) is 0 Å². The third-order valence-corrected chi connectivity index (χ3v) is 4.27. The monoisotopic (exact) mass is 280 g/mol. The summed E-state index contributed by atoms with van der Waals surface area (Å²) in [6.07, 6.45) is 0.152. The highest BCUT2D eigenvalue weighted by molar-refractivity contribution is 7.91. The second-order valence-corrected chi connectivity index (χ2v) is 6.38. The van der Waals surface area contributed by atoms with Crippen molar-refractivity contribution in [2.24, 2.45) is 0 Å². The van der Waals surface area contributed by atoms with Gasteiger partial charge in [-0.2, -0.15) is 0 Å². The van der Waals surface area contributed by atoms with Gasteiger partial charge >= 0.3 is 0 Å². The lowest BCUT2D eigenvalue weighted by atomic mass is 10.2. The first kappa shape index (κ1) is 15.4. The zero-order valence-corrected chi connectivity index (χ0v) is 11.0. The summed E-state index contributed by atoms with van der Waals surface area (Å²) in [6.45, 7) is 1.30. The molecule has 0 saturated carbocycles. The van der Waals surface area contributed by atoms with Crippen molar-refractivity contribution in [3.63, 3.8) is 0 Å². The molecule has 0 spiro atoms. The van der Waals surface area contributed by atoms with Crippen LogP contribution in [0, 0.1) is 0 Å². The van der Waals surface area contributed by atoms with Crippen molar-refractivity contribution in [2.45, 2.75) is 12.5 Å². The predicted molar refractivity (Wildman–Crippen MR) is 66.0 cm³/mol. The van der Waals surface area contributed by atoms with E-state index in [0.717, 1.165) is 0 Å². The van der Waals surface area contributed by atoms with E-state index >= 15 is 0 Å². The van der Waals surface area contributed by atoms with Crippen molar-refractivity contribution in [1.29, 1.82) is 0 Å². The topological polar surface area (TPSA) is 105 Å². The van der Waals surface area contributed by atoms with Crippen LogP contribution in [0.4, 0.5) is 0 Å². The molecule has 0 aliphatic carbocycles. The average Bonchev–Trinajstić information content (AvgIpc) is 2.27. The van der Waals surface area contributed by atoms with Crippen LogP contribution >= 0.6 is 0 Å². The Morgan fingerprint density at radius 3 is 2.89 bits per heavy atom. The summed E-state index contributed by atoms with van der Waals surface area (Å²) >= 11 is 0. The van der Waals surface area contributed by atoms with Crippen LogP contribution in [0.3, 0.4) is 0 Å². The smallest absolute Gasteiger partial charge is 0.221 e. The molecule has 18 heavy (non-hydrogen) atoms.